The summed E-state index contributed by atoms with van der Waals surface area (Å²) >= 11 is 1.81. The third-order valence-corrected chi connectivity index (χ3v) is 9.46. The van der Waals surface area contributed by atoms with Gasteiger partial charge in [-0.25, -0.2) is 15.0 Å². The van der Waals surface area contributed by atoms with Gasteiger partial charge in [-0.2, -0.15) is 0 Å². The summed E-state index contributed by atoms with van der Waals surface area (Å²) in [7, 11) is 0. The zero-order valence-electron chi connectivity index (χ0n) is 22.6. The van der Waals surface area contributed by atoms with Crippen molar-refractivity contribution in [3.63, 3.8) is 0 Å². The summed E-state index contributed by atoms with van der Waals surface area (Å²) in [6.45, 7) is 0. The Morgan fingerprint density at radius 1 is 0.452 bits per heavy atom. The van der Waals surface area contributed by atoms with Crippen LogP contribution < -0.4 is 0 Å². The van der Waals surface area contributed by atoms with Crippen LogP contribution in [0.3, 0.4) is 0 Å². The molecule has 0 amide bonds. The molecule has 6 aromatic carbocycles. The van der Waals surface area contributed by atoms with Crippen LogP contribution in [0.5, 0.6) is 0 Å². The average molecular weight is 554 g/mol. The fraction of sp³-hybridized carbons (Fsp3) is 0.0263. The molecule has 0 aliphatic heterocycles. The lowest BCUT2D eigenvalue weighted by molar-refractivity contribution is 1.08. The molecule has 42 heavy (non-hydrogen) atoms. The first-order valence-corrected chi connectivity index (χ1v) is 15.0. The Morgan fingerprint density at radius 3 is 2.02 bits per heavy atom. The third-order valence-electron chi connectivity index (χ3n) is 8.32. The highest BCUT2D eigenvalue weighted by Gasteiger charge is 2.22. The summed E-state index contributed by atoms with van der Waals surface area (Å²) in [5.41, 5.74) is 8.29. The van der Waals surface area contributed by atoms with Gasteiger partial charge in [0.25, 0.3) is 0 Å². The predicted molar refractivity (Wildman–Crippen MR) is 175 cm³/mol. The van der Waals surface area contributed by atoms with Crippen LogP contribution >= 0.6 is 11.3 Å². The van der Waals surface area contributed by atoms with Gasteiger partial charge < -0.3 is 0 Å². The zero-order chi connectivity index (χ0) is 27.6. The number of hydrogen-bond acceptors (Lipinski definition) is 4. The van der Waals surface area contributed by atoms with Crippen molar-refractivity contribution in [1.29, 1.82) is 0 Å². The number of aromatic nitrogens is 3. The molecule has 0 saturated carbocycles. The first-order valence-electron chi connectivity index (χ1n) is 14.2. The summed E-state index contributed by atoms with van der Waals surface area (Å²) in [6, 6.07) is 45.2. The van der Waals surface area contributed by atoms with Gasteiger partial charge in [-0.1, -0.05) is 103 Å². The Hall–Kier alpha value is -5.19. The first-order chi connectivity index (χ1) is 20.8. The van der Waals surface area contributed by atoms with Crippen LogP contribution in [0, 0.1) is 0 Å². The highest BCUT2D eigenvalue weighted by Crippen LogP contribution is 2.42. The van der Waals surface area contributed by atoms with Crippen molar-refractivity contribution in [1.82, 2.24) is 15.0 Å². The van der Waals surface area contributed by atoms with Crippen molar-refractivity contribution in [2.75, 3.05) is 0 Å². The molecule has 0 bridgehead atoms. The van der Waals surface area contributed by atoms with E-state index in [-0.39, 0.29) is 0 Å². The largest absolute Gasteiger partial charge is 0.208 e. The van der Waals surface area contributed by atoms with Crippen LogP contribution in [0.4, 0.5) is 0 Å². The van der Waals surface area contributed by atoms with Crippen LogP contribution in [0.15, 0.2) is 127 Å². The second-order valence-electron chi connectivity index (χ2n) is 10.9. The topological polar surface area (TPSA) is 38.7 Å². The van der Waals surface area contributed by atoms with Crippen LogP contribution in [-0.4, -0.2) is 15.0 Å². The van der Waals surface area contributed by atoms with Gasteiger partial charge in [0.2, 0.25) is 0 Å². The van der Waals surface area contributed by atoms with E-state index in [4.69, 9.17) is 15.0 Å². The molecule has 2 heterocycles. The molecule has 8 aromatic rings. The van der Waals surface area contributed by atoms with E-state index in [0.717, 1.165) is 23.1 Å². The molecular weight excluding hydrogens is 531 g/mol. The van der Waals surface area contributed by atoms with Crippen LogP contribution in [-0.2, 0) is 6.42 Å². The van der Waals surface area contributed by atoms with Crippen molar-refractivity contribution in [2.45, 2.75) is 6.42 Å². The van der Waals surface area contributed by atoms with Crippen molar-refractivity contribution < 1.29 is 0 Å². The van der Waals surface area contributed by atoms with E-state index < -0.39 is 0 Å². The summed E-state index contributed by atoms with van der Waals surface area (Å²) in [4.78, 5) is 15.3. The van der Waals surface area contributed by atoms with Gasteiger partial charge in [-0.05, 0) is 63.7 Å². The summed E-state index contributed by atoms with van der Waals surface area (Å²) in [6.07, 6.45) is 0.945. The maximum Gasteiger partial charge on any atom is 0.164 e. The number of thiophene rings is 1. The van der Waals surface area contributed by atoms with E-state index in [9.17, 15) is 0 Å². The molecule has 0 N–H and O–H groups in total. The second-order valence-corrected chi connectivity index (χ2v) is 11.9. The number of nitrogens with zero attached hydrogens (tertiary/aromatic N) is 3. The van der Waals surface area contributed by atoms with Gasteiger partial charge in [0.1, 0.15) is 0 Å². The SMILES string of the molecule is c1ccc(-c2nc(-c3ccc4c(c3)-c3cc5ccccc5cc3C4)nc(-c3cccc4sc5ccccc5c34)n2)cc1. The first kappa shape index (κ1) is 23.5. The zero-order valence-corrected chi connectivity index (χ0v) is 23.4. The molecule has 0 saturated heterocycles. The number of rotatable bonds is 3. The average Bonchev–Trinajstić information content (AvgIpc) is 3.61. The van der Waals surface area contributed by atoms with Gasteiger partial charge in [0.15, 0.2) is 17.5 Å². The fourth-order valence-corrected chi connectivity index (χ4v) is 7.44. The Labute approximate surface area is 246 Å². The van der Waals surface area contributed by atoms with Crippen molar-refractivity contribution >= 4 is 42.3 Å². The van der Waals surface area contributed by atoms with E-state index >= 15 is 0 Å². The molecule has 3 nitrogen and oxygen atoms in total. The quantitative estimate of drug-likeness (QED) is 0.218. The smallest absolute Gasteiger partial charge is 0.164 e. The maximum atomic E-state index is 5.15. The van der Waals surface area contributed by atoms with Crippen molar-refractivity contribution in [3.8, 4) is 45.3 Å². The van der Waals surface area contributed by atoms with E-state index in [1.54, 1.807) is 0 Å². The highest BCUT2D eigenvalue weighted by atomic mass is 32.1. The van der Waals surface area contributed by atoms with Gasteiger partial charge in [-0.15, -0.1) is 11.3 Å². The highest BCUT2D eigenvalue weighted by molar-refractivity contribution is 7.25. The van der Waals surface area contributed by atoms with Crippen LogP contribution in [0.2, 0.25) is 0 Å². The lowest BCUT2D eigenvalue weighted by atomic mass is 9.99. The van der Waals surface area contributed by atoms with Crippen molar-refractivity contribution in [3.05, 3.63) is 139 Å². The number of hydrogen-bond donors (Lipinski definition) is 0. The van der Waals surface area contributed by atoms with E-state index in [2.05, 4.69) is 109 Å². The molecule has 1 aliphatic carbocycles. The summed E-state index contributed by atoms with van der Waals surface area (Å²) in [5, 5.41) is 4.98. The van der Waals surface area contributed by atoms with Gasteiger partial charge in [0.05, 0.1) is 0 Å². The summed E-state index contributed by atoms with van der Waals surface area (Å²) in [5.74, 6) is 2.06. The fourth-order valence-electron chi connectivity index (χ4n) is 6.31. The Bertz CT molecular complexity index is 2340. The lowest BCUT2D eigenvalue weighted by Crippen LogP contribution is -2.00. The molecule has 2 aromatic heterocycles. The van der Waals surface area contributed by atoms with Gasteiger partial charge in [0, 0.05) is 36.9 Å². The van der Waals surface area contributed by atoms with Crippen LogP contribution in [0.1, 0.15) is 11.1 Å². The molecule has 0 radical (unpaired) electrons. The third kappa shape index (κ3) is 3.69. The van der Waals surface area contributed by atoms with E-state index in [0.29, 0.717) is 17.5 Å². The molecule has 196 valence electrons. The molecule has 0 spiro atoms. The van der Waals surface area contributed by atoms with Crippen LogP contribution in [0.25, 0.3) is 76.2 Å². The van der Waals surface area contributed by atoms with Gasteiger partial charge in [-0.3, -0.25) is 0 Å². The number of fused-ring (bicyclic) bond motifs is 7. The van der Waals surface area contributed by atoms with E-state index in [1.165, 1.54) is 53.2 Å². The molecule has 0 fully saturated rings. The lowest BCUT2D eigenvalue weighted by Gasteiger charge is -2.11. The monoisotopic (exact) mass is 553 g/mol. The standard InChI is InChI=1S/C38H23N3S/c1-2-9-23(10-3-1)36-39-37(41-38(40-36)30-14-8-16-34-35(30)29-13-6-7-15-33(29)42-34)27-18-17-26-20-28-19-24-11-4-5-12-25(24)21-32(28)31(26)22-27/h1-19,21-22H,20H2. The molecular formula is C38H23N3S. The molecule has 4 heteroatoms. The minimum absolute atomic E-state index is 0.680. The minimum Gasteiger partial charge on any atom is -0.208 e. The normalized spacial score (nSPS) is 12.2. The Kier molecular flexibility index (Phi) is 5.13. The molecule has 1 aliphatic rings. The predicted octanol–water partition coefficient (Wildman–Crippen LogP) is 9.96. The molecule has 0 unspecified atom stereocenters. The maximum absolute atomic E-state index is 5.15. The summed E-state index contributed by atoms with van der Waals surface area (Å²) < 4.78 is 2.50. The Morgan fingerprint density at radius 2 is 1.14 bits per heavy atom. The number of benzene rings is 6. The Balaban J connectivity index is 1.26. The van der Waals surface area contributed by atoms with E-state index in [1.807, 2.05) is 29.5 Å². The van der Waals surface area contributed by atoms with Crippen molar-refractivity contribution in [2.24, 2.45) is 0 Å². The molecule has 0 atom stereocenters. The minimum atomic E-state index is 0.680. The second kappa shape index (κ2) is 9.16. The molecule has 9 rings (SSSR count). The van der Waals surface area contributed by atoms with Gasteiger partial charge >= 0.3 is 0 Å².